The molecule has 9 heteroatoms. The van der Waals surface area contributed by atoms with Crippen LogP contribution in [0.3, 0.4) is 0 Å². The van der Waals surface area contributed by atoms with Crippen molar-refractivity contribution in [2.75, 3.05) is 18.1 Å². The van der Waals surface area contributed by atoms with Gasteiger partial charge in [-0.2, -0.15) is 13.2 Å². The zero-order valence-corrected chi connectivity index (χ0v) is 13.4. The average molecular weight is 351 g/mol. The number of benzene rings is 1. The molecule has 0 bridgehead atoms. The summed E-state index contributed by atoms with van der Waals surface area (Å²) in [7, 11) is 1.72. The summed E-state index contributed by atoms with van der Waals surface area (Å²) >= 11 is 7.52. The van der Waals surface area contributed by atoms with Crippen LogP contribution in [-0.2, 0) is 0 Å². The minimum Gasteiger partial charge on any atom is -0.366 e. The van der Waals surface area contributed by atoms with Crippen molar-refractivity contribution in [3.63, 3.8) is 0 Å². The van der Waals surface area contributed by atoms with Crippen LogP contribution in [0.4, 0.5) is 18.9 Å². The molecular formula is C12H12F3N3S3. The Bertz CT molecular complexity index is 639. The number of halogens is 3. The third-order valence-electron chi connectivity index (χ3n) is 2.46. The van der Waals surface area contributed by atoms with Crippen LogP contribution in [0.2, 0.25) is 0 Å². The van der Waals surface area contributed by atoms with Crippen LogP contribution in [-0.4, -0.2) is 29.1 Å². The van der Waals surface area contributed by atoms with E-state index in [1.54, 1.807) is 7.05 Å². The number of thiazole rings is 1. The summed E-state index contributed by atoms with van der Waals surface area (Å²) in [5.41, 5.74) is 1.59. The summed E-state index contributed by atoms with van der Waals surface area (Å²) in [6.07, 6.45) is -4.93. The van der Waals surface area contributed by atoms with Crippen molar-refractivity contribution in [2.45, 2.75) is 16.9 Å². The Labute approximate surface area is 133 Å². The van der Waals surface area contributed by atoms with E-state index in [0.29, 0.717) is 9.45 Å². The predicted octanol–water partition coefficient (Wildman–Crippen LogP) is 4.26. The highest BCUT2D eigenvalue weighted by Gasteiger charge is 2.26. The van der Waals surface area contributed by atoms with Gasteiger partial charge in [0.05, 0.1) is 16.6 Å². The number of thiocarbonyl (C=S) groups is 1. The second-order valence-corrected chi connectivity index (χ2v) is 6.86. The Balaban J connectivity index is 2.05. The van der Waals surface area contributed by atoms with E-state index < -0.39 is 12.6 Å². The molecule has 2 aromatic rings. The number of thioether (sulfide) groups is 1. The molecule has 0 unspecified atom stereocenters. The predicted molar refractivity (Wildman–Crippen MR) is 86.3 cm³/mol. The number of fused-ring (bicyclic) bond motifs is 1. The molecule has 0 spiro atoms. The maximum absolute atomic E-state index is 12.1. The van der Waals surface area contributed by atoms with Crippen LogP contribution in [0.1, 0.15) is 6.42 Å². The molecule has 0 saturated heterocycles. The highest BCUT2D eigenvalue weighted by Crippen LogP contribution is 2.33. The third-order valence-corrected chi connectivity index (χ3v) is 4.93. The first kappa shape index (κ1) is 16.3. The Hall–Kier alpha value is -1.06. The highest BCUT2D eigenvalue weighted by molar-refractivity contribution is 8.01. The SMILES string of the molecule is CNC(=S)Nc1ccc2nc(SCCC(F)(F)F)sc2c1. The van der Waals surface area contributed by atoms with Crippen molar-refractivity contribution in [3.05, 3.63) is 18.2 Å². The van der Waals surface area contributed by atoms with Gasteiger partial charge in [-0.25, -0.2) is 4.98 Å². The largest absolute Gasteiger partial charge is 0.389 e. The molecule has 2 N–H and O–H groups in total. The van der Waals surface area contributed by atoms with E-state index in [2.05, 4.69) is 15.6 Å². The average Bonchev–Trinajstić information content (AvgIpc) is 2.79. The fourth-order valence-electron chi connectivity index (χ4n) is 1.49. The van der Waals surface area contributed by atoms with Crippen molar-refractivity contribution in [1.82, 2.24) is 10.3 Å². The summed E-state index contributed by atoms with van der Waals surface area (Å²) in [5, 5.41) is 6.30. The van der Waals surface area contributed by atoms with E-state index in [1.165, 1.54) is 11.3 Å². The molecule has 0 aliphatic heterocycles. The first-order valence-corrected chi connectivity index (χ1v) is 8.17. The molecule has 0 radical (unpaired) electrons. The lowest BCUT2D eigenvalue weighted by atomic mass is 10.3. The number of alkyl halides is 3. The van der Waals surface area contributed by atoms with Gasteiger partial charge in [0.15, 0.2) is 9.45 Å². The second-order valence-electron chi connectivity index (χ2n) is 4.08. The Kier molecular flexibility index (Phi) is 5.28. The van der Waals surface area contributed by atoms with Crippen LogP contribution >= 0.6 is 35.3 Å². The molecule has 1 aromatic carbocycles. The quantitative estimate of drug-likeness (QED) is 0.636. The summed E-state index contributed by atoms with van der Waals surface area (Å²) in [6.45, 7) is 0. The Morgan fingerprint density at radius 2 is 2.19 bits per heavy atom. The first-order valence-electron chi connectivity index (χ1n) is 5.96. The fraction of sp³-hybridized carbons (Fsp3) is 0.333. The van der Waals surface area contributed by atoms with Gasteiger partial charge < -0.3 is 10.6 Å². The van der Waals surface area contributed by atoms with Gasteiger partial charge in [0.25, 0.3) is 0 Å². The lowest BCUT2D eigenvalue weighted by Crippen LogP contribution is -2.23. The zero-order chi connectivity index (χ0) is 15.5. The van der Waals surface area contributed by atoms with E-state index in [0.717, 1.165) is 27.7 Å². The summed E-state index contributed by atoms with van der Waals surface area (Å²) in [5.74, 6) is -0.0156. The van der Waals surface area contributed by atoms with Gasteiger partial charge in [-0.05, 0) is 30.4 Å². The monoisotopic (exact) mass is 351 g/mol. The van der Waals surface area contributed by atoms with Crippen molar-refractivity contribution in [3.8, 4) is 0 Å². The zero-order valence-electron chi connectivity index (χ0n) is 11.0. The summed E-state index contributed by atoms with van der Waals surface area (Å²) in [4.78, 5) is 4.31. The van der Waals surface area contributed by atoms with Gasteiger partial charge >= 0.3 is 6.18 Å². The Morgan fingerprint density at radius 3 is 2.86 bits per heavy atom. The van der Waals surface area contributed by atoms with Crippen LogP contribution in [0.5, 0.6) is 0 Å². The van der Waals surface area contributed by atoms with E-state index in [1.807, 2.05) is 18.2 Å². The van der Waals surface area contributed by atoms with E-state index in [9.17, 15) is 13.2 Å². The molecule has 0 fully saturated rings. The molecule has 1 heterocycles. The molecule has 1 aromatic heterocycles. The fourth-order valence-corrected chi connectivity index (χ4v) is 3.77. The second kappa shape index (κ2) is 6.80. The lowest BCUT2D eigenvalue weighted by Gasteiger charge is -2.05. The molecule has 0 aliphatic carbocycles. The van der Waals surface area contributed by atoms with Crippen molar-refractivity contribution in [1.29, 1.82) is 0 Å². The van der Waals surface area contributed by atoms with Crippen molar-refractivity contribution < 1.29 is 13.2 Å². The van der Waals surface area contributed by atoms with Crippen LogP contribution in [0.15, 0.2) is 22.5 Å². The number of hydrogen-bond donors (Lipinski definition) is 2. The number of aromatic nitrogens is 1. The number of nitrogens with one attached hydrogen (secondary N) is 2. The third kappa shape index (κ3) is 5.01. The summed E-state index contributed by atoms with van der Waals surface area (Å²) < 4.78 is 37.9. The summed E-state index contributed by atoms with van der Waals surface area (Å²) in [6, 6.07) is 5.53. The minimum atomic E-state index is -4.12. The molecule has 0 saturated carbocycles. The topological polar surface area (TPSA) is 37.0 Å². The molecule has 0 aliphatic rings. The maximum atomic E-state index is 12.1. The molecule has 0 atom stereocenters. The van der Waals surface area contributed by atoms with Gasteiger partial charge in [-0.1, -0.05) is 11.8 Å². The van der Waals surface area contributed by atoms with Gasteiger partial charge in [0.2, 0.25) is 0 Å². The van der Waals surface area contributed by atoms with Crippen LogP contribution < -0.4 is 10.6 Å². The molecule has 21 heavy (non-hydrogen) atoms. The number of nitrogens with zero attached hydrogens (tertiary/aromatic N) is 1. The lowest BCUT2D eigenvalue weighted by molar-refractivity contribution is -0.129. The van der Waals surface area contributed by atoms with Crippen LogP contribution in [0.25, 0.3) is 10.2 Å². The smallest absolute Gasteiger partial charge is 0.366 e. The van der Waals surface area contributed by atoms with Gasteiger partial charge in [-0.3, -0.25) is 0 Å². The van der Waals surface area contributed by atoms with Crippen LogP contribution in [0, 0.1) is 0 Å². The standard InChI is InChI=1S/C12H12F3N3S3/c1-16-10(19)17-7-2-3-8-9(6-7)21-11(18-8)20-5-4-12(13,14)15/h2-3,6H,4-5H2,1H3,(H2,16,17,19). The molecule has 2 rings (SSSR count). The highest BCUT2D eigenvalue weighted by atomic mass is 32.2. The number of hydrogen-bond acceptors (Lipinski definition) is 4. The molecule has 0 amide bonds. The molecular weight excluding hydrogens is 339 g/mol. The van der Waals surface area contributed by atoms with E-state index in [-0.39, 0.29) is 5.75 Å². The molecule has 114 valence electrons. The van der Waals surface area contributed by atoms with Gasteiger partial charge in [-0.15, -0.1) is 11.3 Å². The Morgan fingerprint density at radius 1 is 1.43 bits per heavy atom. The van der Waals surface area contributed by atoms with Crippen molar-refractivity contribution >= 4 is 56.3 Å². The van der Waals surface area contributed by atoms with Gasteiger partial charge in [0.1, 0.15) is 0 Å². The number of rotatable bonds is 4. The normalized spacial score (nSPS) is 11.6. The maximum Gasteiger partial charge on any atom is 0.389 e. The van der Waals surface area contributed by atoms with E-state index in [4.69, 9.17) is 12.2 Å². The van der Waals surface area contributed by atoms with E-state index >= 15 is 0 Å². The van der Waals surface area contributed by atoms with Gasteiger partial charge in [0, 0.05) is 18.5 Å². The molecule has 3 nitrogen and oxygen atoms in total. The first-order chi connectivity index (χ1) is 9.87. The number of anilines is 1. The minimum absolute atomic E-state index is 0.0156. The van der Waals surface area contributed by atoms with Crippen molar-refractivity contribution in [2.24, 2.45) is 0 Å².